The molecule has 3 aromatic heterocycles. The summed E-state index contributed by atoms with van der Waals surface area (Å²) in [7, 11) is 0. The van der Waals surface area contributed by atoms with Crippen LogP contribution in [-0.2, 0) is 11.3 Å². The van der Waals surface area contributed by atoms with E-state index in [1.54, 1.807) is 42.7 Å². The van der Waals surface area contributed by atoms with Crippen molar-refractivity contribution in [3.8, 4) is 0 Å². The molecule has 0 bridgehead atoms. The second-order valence-corrected chi connectivity index (χ2v) is 6.57. The van der Waals surface area contributed by atoms with Crippen LogP contribution in [0.3, 0.4) is 0 Å². The molecule has 0 saturated heterocycles. The van der Waals surface area contributed by atoms with Gasteiger partial charge in [0, 0.05) is 35.7 Å². The van der Waals surface area contributed by atoms with Crippen LogP contribution in [0.4, 0.5) is 0 Å². The molecule has 30 heavy (non-hydrogen) atoms. The molecule has 10 nitrogen and oxygen atoms in total. The van der Waals surface area contributed by atoms with E-state index in [9.17, 15) is 14.4 Å². The number of carbonyl (C=O) groups is 2. The van der Waals surface area contributed by atoms with E-state index in [1.807, 2.05) is 0 Å². The topological polar surface area (TPSA) is 165 Å². The molecule has 0 spiro atoms. The largest absolute Gasteiger partial charge is 0.481 e. The Morgan fingerprint density at radius 1 is 1.23 bits per heavy atom. The van der Waals surface area contributed by atoms with Crippen LogP contribution in [0, 0.1) is 0 Å². The van der Waals surface area contributed by atoms with E-state index in [1.165, 1.54) is 16.7 Å². The number of aromatic nitrogens is 2. The third-order valence-electron chi connectivity index (χ3n) is 4.34. The molecule has 3 aromatic rings. The zero-order valence-corrected chi connectivity index (χ0v) is 15.9. The third-order valence-corrected chi connectivity index (χ3v) is 4.34. The number of nitrogens with one attached hydrogen (secondary N) is 1. The summed E-state index contributed by atoms with van der Waals surface area (Å²) in [6.45, 7) is 0.217. The van der Waals surface area contributed by atoms with Crippen molar-refractivity contribution < 1.29 is 14.7 Å². The first-order chi connectivity index (χ1) is 14.3. The first-order valence-electron chi connectivity index (χ1n) is 8.97. The number of carboxylic acid groups (broad SMARTS) is 1. The van der Waals surface area contributed by atoms with Crippen molar-refractivity contribution in [2.75, 3.05) is 0 Å². The Labute approximate surface area is 170 Å². The SMILES string of the molecule is NC(N)=NCc1ccc2cc(C(=O)NC(CC(=O)O)c3cccnc3)cc(=O)n2c1. The van der Waals surface area contributed by atoms with E-state index < -0.39 is 23.5 Å². The van der Waals surface area contributed by atoms with Crippen LogP contribution in [0.2, 0.25) is 0 Å². The molecule has 0 aliphatic rings. The van der Waals surface area contributed by atoms with Crippen molar-refractivity contribution in [2.24, 2.45) is 16.5 Å². The van der Waals surface area contributed by atoms with Crippen LogP contribution >= 0.6 is 0 Å². The van der Waals surface area contributed by atoms with Crippen molar-refractivity contribution in [1.82, 2.24) is 14.7 Å². The molecular weight excluding hydrogens is 388 g/mol. The predicted octanol–water partition coefficient (Wildman–Crippen LogP) is 0.414. The number of nitrogens with two attached hydrogens (primary N) is 2. The van der Waals surface area contributed by atoms with Gasteiger partial charge >= 0.3 is 5.97 Å². The first kappa shape index (κ1) is 20.5. The minimum atomic E-state index is -1.07. The van der Waals surface area contributed by atoms with Gasteiger partial charge in [0.25, 0.3) is 11.5 Å². The molecule has 10 heteroatoms. The summed E-state index contributed by atoms with van der Waals surface area (Å²) in [6.07, 6.45) is 4.31. The van der Waals surface area contributed by atoms with Gasteiger partial charge in [-0.15, -0.1) is 0 Å². The number of nitrogens with zero attached hydrogens (tertiary/aromatic N) is 3. The van der Waals surface area contributed by atoms with E-state index in [2.05, 4.69) is 15.3 Å². The molecule has 0 fully saturated rings. The monoisotopic (exact) mass is 408 g/mol. The van der Waals surface area contributed by atoms with Gasteiger partial charge in [-0.25, -0.2) is 4.99 Å². The van der Waals surface area contributed by atoms with Gasteiger partial charge < -0.3 is 21.9 Å². The van der Waals surface area contributed by atoms with Gasteiger partial charge in [0.1, 0.15) is 0 Å². The fourth-order valence-corrected chi connectivity index (χ4v) is 2.93. The lowest BCUT2D eigenvalue weighted by Gasteiger charge is -2.17. The lowest BCUT2D eigenvalue weighted by molar-refractivity contribution is -0.137. The predicted molar refractivity (Wildman–Crippen MR) is 110 cm³/mol. The number of fused-ring (bicyclic) bond motifs is 1. The van der Waals surface area contributed by atoms with Crippen molar-refractivity contribution >= 4 is 23.4 Å². The van der Waals surface area contributed by atoms with E-state index in [0.29, 0.717) is 16.6 Å². The number of carboxylic acids is 1. The lowest BCUT2D eigenvalue weighted by Crippen LogP contribution is -2.31. The zero-order valence-electron chi connectivity index (χ0n) is 15.9. The summed E-state index contributed by atoms with van der Waals surface area (Å²) in [6, 6.07) is 8.68. The number of hydrogen-bond donors (Lipinski definition) is 4. The third kappa shape index (κ3) is 4.98. The Morgan fingerprint density at radius 3 is 2.70 bits per heavy atom. The van der Waals surface area contributed by atoms with Gasteiger partial charge in [-0.05, 0) is 29.3 Å². The van der Waals surface area contributed by atoms with Crippen LogP contribution in [0.25, 0.3) is 5.52 Å². The zero-order chi connectivity index (χ0) is 21.7. The smallest absolute Gasteiger partial charge is 0.305 e. The summed E-state index contributed by atoms with van der Waals surface area (Å²) >= 11 is 0. The first-order valence-corrected chi connectivity index (χ1v) is 8.97. The van der Waals surface area contributed by atoms with Crippen LogP contribution in [0.15, 0.2) is 64.8 Å². The van der Waals surface area contributed by atoms with E-state index in [4.69, 9.17) is 16.6 Å². The lowest BCUT2D eigenvalue weighted by atomic mass is 10.1. The summed E-state index contributed by atoms with van der Waals surface area (Å²) in [5.41, 5.74) is 12.1. The second kappa shape index (κ2) is 8.86. The van der Waals surface area contributed by atoms with Crippen LogP contribution < -0.4 is 22.3 Å². The van der Waals surface area contributed by atoms with Gasteiger partial charge in [0.15, 0.2) is 5.96 Å². The van der Waals surface area contributed by atoms with Crippen molar-refractivity contribution in [3.63, 3.8) is 0 Å². The number of hydrogen-bond acceptors (Lipinski definition) is 5. The average Bonchev–Trinajstić information content (AvgIpc) is 2.72. The number of pyridine rings is 3. The summed E-state index contributed by atoms with van der Waals surface area (Å²) in [5, 5.41) is 11.8. The Balaban J connectivity index is 1.88. The van der Waals surface area contributed by atoms with Gasteiger partial charge in [0.05, 0.1) is 19.0 Å². The van der Waals surface area contributed by atoms with Crippen molar-refractivity contribution in [1.29, 1.82) is 0 Å². The molecule has 6 N–H and O–H groups in total. The molecule has 3 heterocycles. The molecule has 0 aliphatic heterocycles. The minimum Gasteiger partial charge on any atom is -0.481 e. The van der Waals surface area contributed by atoms with E-state index in [-0.39, 0.29) is 24.5 Å². The van der Waals surface area contributed by atoms with Crippen LogP contribution in [0.1, 0.15) is 33.9 Å². The average molecular weight is 408 g/mol. The highest BCUT2D eigenvalue weighted by Crippen LogP contribution is 2.17. The standard InChI is InChI=1S/C20H20N6O4/c21-20(22)24-9-12-3-4-15-6-14(7-17(27)26(15)11-12)19(30)25-16(8-18(28)29)13-2-1-5-23-10-13/h1-7,10-11,16H,8-9H2,(H,25,30)(H,28,29)(H4,21,22,24). The van der Waals surface area contributed by atoms with Gasteiger partial charge in [0.2, 0.25) is 0 Å². The fraction of sp³-hybridized carbons (Fsp3) is 0.150. The number of guanidine groups is 1. The maximum Gasteiger partial charge on any atom is 0.305 e. The Morgan fingerprint density at radius 2 is 2.03 bits per heavy atom. The quantitative estimate of drug-likeness (QED) is 0.325. The molecule has 1 unspecified atom stereocenters. The van der Waals surface area contributed by atoms with Gasteiger partial charge in [-0.1, -0.05) is 12.1 Å². The number of aliphatic carboxylic acids is 1. The minimum absolute atomic E-state index is 0.0565. The maximum absolute atomic E-state index is 12.7. The summed E-state index contributed by atoms with van der Waals surface area (Å²) < 4.78 is 1.38. The molecule has 0 aliphatic carbocycles. The molecule has 0 saturated carbocycles. The Kier molecular flexibility index (Phi) is 6.06. The van der Waals surface area contributed by atoms with Crippen LogP contribution in [0.5, 0.6) is 0 Å². The Bertz CT molecular complexity index is 1170. The molecule has 1 amide bonds. The highest BCUT2D eigenvalue weighted by atomic mass is 16.4. The number of amides is 1. The molecule has 0 aromatic carbocycles. The van der Waals surface area contributed by atoms with E-state index >= 15 is 0 Å². The number of aliphatic imine (C=N–C) groups is 1. The molecule has 154 valence electrons. The van der Waals surface area contributed by atoms with E-state index in [0.717, 1.165) is 0 Å². The molecule has 0 radical (unpaired) electrons. The van der Waals surface area contributed by atoms with Gasteiger partial charge in [-0.3, -0.25) is 23.8 Å². The van der Waals surface area contributed by atoms with Gasteiger partial charge in [-0.2, -0.15) is 0 Å². The normalized spacial score (nSPS) is 11.6. The molecule has 3 rings (SSSR count). The second-order valence-electron chi connectivity index (χ2n) is 6.57. The fourth-order valence-electron chi connectivity index (χ4n) is 2.93. The summed E-state index contributed by atoms with van der Waals surface area (Å²) in [4.78, 5) is 44.3. The summed E-state index contributed by atoms with van der Waals surface area (Å²) in [5.74, 6) is -1.69. The highest BCUT2D eigenvalue weighted by molar-refractivity contribution is 5.95. The Hall–Kier alpha value is -4.21. The molecule has 1 atom stereocenters. The van der Waals surface area contributed by atoms with Crippen molar-refractivity contribution in [2.45, 2.75) is 19.0 Å². The highest BCUT2D eigenvalue weighted by Gasteiger charge is 2.20. The number of carbonyl (C=O) groups excluding carboxylic acids is 1. The molecular formula is C20H20N6O4. The number of rotatable bonds is 7. The van der Waals surface area contributed by atoms with Crippen LogP contribution in [-0.4, -0.2) is 32.3 Å². The maximum atomic E-state index is 12.7. The van der Waals surface area contributed by atoms with Crippen molar-refractivity contribution in [3.05, 3.63) is 82.0 Å².